The van der Waals surface area contributed by atoms with Gasteiger partial charge in [-0.2, -0.15) is 5.10 Å². The van der Waals surface area contributed by atoms with E-state index in [-0.39, 0.29) is 0 Å². The third kappa shape index (κ3) is 3.36. The Morgan fingerprint density at radius 3 is 2.59 bits per heavy atom. The van der Waals surface area contributed by atoms with E-state index in [0.717, 1.165) is 17.2 Å². The molecule has 0 radical (unpaired) electrons. The van der Waals surface area contributed by atoms with Gasteiger partial charge in [0.25, 0.3) is 0 Å². The van der Waals surface area contributed by atoms with Crippen LogP contribution in [0.1, 0.15) is 43.6 Å². The Hall–Kier alpha value is -1.72. The van der Waals surface area contributed by atoms with Crippen LogP contribution in [0, 0.1) is 0 Å². The molecule has 5 nitrogen and oxygen atoms in total. The number of rotatable bonds is 5. The maximum absolute atomic E-state index is 5.06. The highest BCUT2D eigenvalue weighted by Crippen LogP contribution is 2.25. The number of aromatic amines is 1. The van der Waals surface area contributed by atoms with Crippen LogP contribution in [0.2, 0.25) is 0 Å². The van der Waals surface area contributed by atoms with Crippen molar-refractivity contribution in [3.63, 3.8) is 0 Å². The zero-order valence-corrected chi connectivity index (χ0v) is 13.4. The van der Waals surface area contributed by atoms with Gasteiger partial charge in [0.1, 0.15) is 6.61 Å². The van der Waals surface area contributed by atoms with Crippen molar-refractivity contribution in [1.82, 2.24) is 20.1 Å². The molecule has 2 heterocycles. The molecule has 1 N–H and O–H groups in total. The van der Waals surface area contributed by atoms with E-state index in [1.54, 1.807) is 7.11 Å². The summed E-state index contributed by atoms with van der Waals surface area (Å²) < 4.78 is 5.06. The van der Waals surface area contributed by atoms with Gasteiger partial charge in [-0.15, -0.1) is 0 Å². The van der Waals surface area contributed by atoms with Crippen molar-refractivity contribution < 1.29 is 4.74 Å². The number of aromatic nitrogens is 3. The standard InChI is InChI=1S/C17H24N4O/c1-13(21-10-4-3-5-11-21)14-6-8-15(9-7-14)17-18-16(12-22-2)19-20-17/h6-9,13H,3-5,10-12H2,1-2H3,(H,18,19,20). The molecule has 0 bridgehead atoms. The molecular formula is C17H24N4O. The zero-order valence-electron chi connectivity index (χ0n) is 13.4. The fourth-order valence-electron chi connectivity index (χ4n) is 3.05. The highest BCUT2D eigenvalue weighted by molar-refractivity contribution is 5.55. The molecule has 3 rings (SSSR count). The average molecular weight is 300 g/mol. The minimum absolute atomic E-state index is 0.455. The van der Waals surface area contributed by atoms with Crippen molar-refractivity contribution in [1.29, 1.82) is 0 Å². The molecule has 0 spiro atoms. The number of H-pyrrole nitrogens is 1. The van der Waals surface area contributed by atoms with Crippen LogP contribution in [0.15, 0.2) is 24.3 Å². The quantitative estimate of drug-likeness (QED) is 0.921. The normalized spacial score (nSPS) is 17.5. The first kappa shape index (κ1) is 15.2. The van der Waals surface area contributed by atoms with E-state index < -0.39 is 0 Å². The summed E-state index contributed by atoms with van der Waals surface area (Å²) in [4.78, 5) is 7.00. The summed E-state index contributed by atoms with van der Waals surface area (Å²) in [6.07, 6.45) is 4.01. The van der Waals surface area contributed by atoms with Crippen LogP contribution >= 0.6 is 0 Å². The Balaban J connectivity index is 1.71. The highest BCUT2D eigenvalue weighted by Gasteiger charge is 2.18. The Kier molecular flexibility index (Phi) is 4.85. The number of ether oxygens (including phenoxy) is 1. The van der Waals surface area contributed by atoms with Gasteiger partial charge < -0.3 is 4.74 Å². The first-order chi connectivity index (χ1) is 10.8. The fourth-order valence-corrected chi connectivity index (χ4v) is 3.05. The average Bonchev–Trinajstić information content (AvgIpc) is 3.04. The van der Waals surface area contributed by atoms with Crippen molar-refractivity contribution in [2.24, 2.45) is 0 Å². The maximum Gasteiger partial charge on any atom is 0.181 e. The van der Waals surface area contributed by atoms with Crippen LogP contribution in [0.25, 0.3) is 11.4 Å². The van der Waals surface area contributed by atoms with Crippen LogP contribution in [0.5, 0.6) is 0 Å². The number of hydrogen-bond donors (Lipinski definition) is 1. The molecule has 5 heteroatoms. The number of piperidine rings is 1. The van der Waals surface area contributed by atoms with E-state index >= 15 is 0 Å². The van der Waals surface area contributed by atoms with Crippen LogP contribution in [-0.4, -0.2) is 40.3 Å². The molecule has 0 amide bonds. The summed E-state index contributed by atoms with van der Waals surface area (Å²) >= 11 is 0. The minimum atomic E-state index is 0.455. The van der Waals surface area contributed by atoms with Crippen molar-refractivity contribution in [3.8, 4) is 11.4 Å². The number of benzene rings is 1. The van der Waals surface area contributed by atoms with Gasteiger partial charge in [-0.25, -0.2) is 4.98 Å². The molecule has 1 aromatic carbocycles. The topological polar surface area (TPSA) is 54.0 Å². The van der Waals surface area contributed by atoms with Gasteiger partial charge in [0, 0.05) is 18.7 Å². The van der Waals surface area contributed by atoms with Crippen molar-refractivity contribution in [2.75, 3.05) is 20.2 Å². The molecule has 1 aromatic heterocycles. The van der Waals surface area contributed by atoms with E-state index in [2.05, 4.69) is 51.3 Å². The van der Waals surface area contributed by atoms with Crippen molar-refractivity contribution in [2.45, 2.75) is 38.8 Å². The van der Waals surface area contributed by atoms with E-state index in [9.17, 15) is 0 Å². The molecule has 1 atom stereocenters. The minimum Gasteiger partial charge on any atom is -0.377 e. The van der Waals surface area contributed by atoms with Gasteiger partial charge in [-0.3, -0.25) is 10.00 Å². The van der Waals surface area contributed by atoms with Gasteiger partial charge in [0.05, 0.1) is 0 Å². The Labute approximate surface area is 131 Å². The Morgan fingerprint density at radius 1 is 1.18 bits per heavy atom. The van der Waals surface area contributed by atoms with Gasteiger partial charge in [-0.05, 0) is 38.4 Å². The first-order valence-corrected chi connectivity index (χ1v) is 8.02. The molecular weight excluding hydrogens is 276 g/mol. The number of likely N-dealkylation sites (tertiary alicyclic amines) is 1. The fraction of sp³-hybridized carbons (Fsp3) is 0.529. The second-order valence-electron chi connectivity index (χ2n) is 5.93. The molecule has 0 aliphatic carbocycles. The molecule has 1 fully saturated rings. The first-order valence-electron chi connectivity index (χ1n) is 8.02. The van der Waals surface area contributed by atoms with Crippen molar-refractivity contribution >= 4 is 0 Å². The second kappa shape index (κ2) is 7.03. The summed E-state index contributed by atoms with van der Waals surface area (Å²) in [7, 11) is 1.65. The lowest BCUT2D eigenvalue weighted by atomic mass is 10.0. The van der Waals surface area contributed by atoms with Crippen LogP contribution in [0.4, 0.5) is 0 Å². The van der Waals surface area contributed by atoms with Gasteiger partial charge in [0.2, 0.25) is 0 Å². The summed E-state index contributed by atoms with van der Waals surface area (Å²) in [5.41, 5.74) is 2.39. The predicted octanol–water partition coefficient (Wildman–Crippen LogP) is 3.17. The zero-order chi connectivity index (χ0) is 15.4. The predicted molar refractivity (Wildman–Crippen MR) is 86.4 cm³/mol. The number of nitrogens with zero attached hydrogens (tertiary/aromatic N) is 3. The largest absolute Gasteiger partial charge is 0.377 e. The third-order valence-corrected chi connectivity index (χ3v) is 4.40. The van der Waals surface area contributed by atoms with Gasteiger partial charge >= 0.3 is 0 Å². The summed E-state index contributed by atoms with van der Waals surface area (Å²) in [6.45, 7) is 5.18. The SMILES string of the molecule is COCc1nc(-c2ccc(C(C)N3CCCCC3)cc2)n[nH]1. The molecule has 1 aliphatic heterocycles. The lowest BCUT2D eigenvalue weighted by Gasteiger charge is -2.32. The maximum atomic E-state index is 5.06. The molecule has 0 saturated carbocycles. The van der Waals surface area contributed by atoms with Gasteiger partial charge in [-0.1, -0.05) is 30.7 Å². The van der Waals surface area contributed by atoms with E-state index in [1.165, 1.54) is 37.9 Å². The molecule has 1 unspecified atom stereocenters. The van der Waals surface area contributed by atoms with Crippen LogP contribution in [0.3, 0.4) is 0 Å². The van der Waals surface area contributed by atoms with E-state index in [1.807, 2.05) is 0 Å². The van der Waals surface area contributed by atoms with E-state index in [4.69, 9.17) is 4.74 Å². The molecule has 2 aromatic rings. The monoisotopic (exact) mass is 300 g/mol. The molecule has 118 valence electrons. The number of methoxy groups -OCH3 is 1. The van der Waals surface area contributed by atoms with Crippen molar-refractivity contribution in [3.05, 3.63) is 35.7 Å². The van der Waals surface area contributed by atoms with E-state index in [0.29, 0.717) is 12.6 Å². The Bertz CT molecular complexity index is 587. The summed E-state index contributed by atoms with van der Waals surface area (Å²) in [5.74, 6) is 1.48. The molecule has 1 saturated heterocycles. The number of nitrogens with one attached hydrogen (secondary N) is 1. The lowest BCUT2D eigenvalue weighted by Crippen LogP contribution is -2.32. The Morgan fingerprint density at radius 2 is 1.91 bits per heavy atom. The number of hydrogen-bond acceptors (Lipinski definition) is 4. The third-order valence-electron chi connectivity index (χ3n) is 4.40. The van der Waals surface area contributed by atoms with Gasteiger partial charge in [0.15, 0.2) is 11.6 Å². The smallest absolute Gasteiger partial charge is 0.181 e. The molecule has 22 heavy (non-hydrogen) atoms. The van der Waals surface area contributed by atoms with Crippen LogP contribution in [-0.2, 0) is 11.3 Å². The summed E-state index contributed by atoms with van der Waals surface area (Å²) in [6, 6.07) is 9.08. The lowest BCUT2D eigenvalue weighted by molar-refractivity contribution is 0.175. The summed E-state index contributed by atoms with van der Waals surface area (Å²) in [5, 5.41) is 7.14. The van der Waals surface area contributed by atoms with Crippen LogP contribution < -0.4 is 0 Å². The second-order valence-corrected chi connectivity index (χ2v) is 5.93. The highest BCUT2D eigenvalue weighted by atomic mass is 16.5. The molecule has 1 aliphatic rings.